The molecule has 0 aliphatic carbocycles. The average Bonchev–Trinajstić information content (AvgIpc) is 3.22. The van der Waals surface area contributed by atoms with Gasteiger partial charge >= 0.3 is 0 Å². The number of hydrogen-bond acceptors (Lipinski definition) is 5. The summed E-state index contributed by atoms with van der Waals surface area (Å²) in [4.78, 5) is 31.0. The Labute approximate surface area is 158 Å². The Morgan fingerprint density at radius 3 is 2.74 bits per heavy atom. The van der Waals surface area contributed by atoms with E-state index in [-0.39, 0.29) is 11.5 Å². The van der Waals surface area contributed by atoms with Gasteiger partial charge in [-0.25, -0.2) is 4.98 Å². The van der Waals surface area contributed by atoms with Gasteiger partial charge in [-0.2, -0.15) is 5.10 Å². The summed E-state index contributed by atoms with van der Waals surface area (Å²) in [6.45, 7) is 2.17. The topological polar surface area (TPSA) is 81.8 Å². The van der Waals surface area contributed by atoms with E-state index in [0.29, 0.717) is 32.9 Å². The van der Waals surface area contributed by atoms with Gasteiger partial charge in [-0.3, -0.25) is 18.8 Å². The minimum absolute atomic E-state index is 0.156. The lowest BCUT2D eigenvalue weighted by molar-refractivity contribution is 0.103. The van der Waals surface area contributed by atoms with Crippen molar-refractivity contribution >= 4 is 33.1 Å². The summed E-state index contributed by atoms with van der Waals surface area (Å²) in [6.07, 6.45) is 5.10. The fourth-order valence-electron chi connectivity index (χ4n) is 2.95. The van der Waals surface area contributed by atoms with Crippen molar-refractivity contribution in [3.05, 3.63) is 75.4 Å². The molecular weight excluding hydrogens is 362 g/mol. The Kier molecular flexibility index (Phi) is 4.33. The van der Waals surface area contributed by atoms with Crippen LogP contribution in [0, 0.1) is 6.92 Å². The molecule has 0 radical (unpaired) electrons. The van der Waals surface area contributed by atoms with Gasteiger partial charge in [0.1, 0.15) is 4.83 Å². The summed E-state index contributed by atoms with van der Waals surface area (Å²) in [5.74, 6) is -0.236. The second-order valence-electron chi connectivity index (χ2n) is 6.26. The summed E-state index contributed by atoms with van der Waals surface area (Å²) < 4.78 is 3.23. The van der Waals surface area contributed by atoms with Crippen molar-refractivity contribution in [2.45, 2.75) is 13.5 Å². The number of amides is 1. The maximum atomic E-state index is 12.9. The molecule has 0 saturated heterocycles. The molecule has 7 nitrogen and oxygen atoms in total. The maximum absolute atomic E-state index is 12.9. The molecule has 4 rings (SSSR count). The number of carbonyl (C=O) groups is 1. The van der Waals surface area contributed by atoms with Crippen LogP contribution >= 0.6 is 11.3 Å². The smallest absolute Gasteiger partial charge is 0.266 e. The zero-order valence-corrected chi connectivity index (χ0v) is 15.7. The van der Waals surface area contributed by atoms with Gasteiger partial charge in [-0.15, -0.1) is 11.3 Å². The molecule has 0 saturated carbocycles. The van der Waals surface area contributed by atoms with Crippen molar-refractivity contribution in [2.75, 3.05) is 5.32 Å². The Hall–Kier alpha value is -3.26. The van der Waals surface area contributed by atoms with Crippen LogP contribution in [0.5, 0.6) is 0 Å². The largest absolute Gasteiger partial charge is 0.321 e. The van der Waals surface area contributed by atoms with E-state index < -0.39 is 0 Å². The van der Waals surface area contributed by atoms with Gasteiger partial charge in [0.2, 0.25) is 0 Å². The van der Waals surface area contributed by atoms with Crippen molar-refractivity contribution in [3.63, 3.8) is 0 Å². The number of rotatable bonds is 4. The minimum atomic E-state index is -0.236. The molecule has 0 atom stereocenters. The Morgan fingerprint density at radius 1 is 1.26 bits per heavy atom. The summed E-state index contributed by atoms with van der Waals surface area (Å²) in [5.41, 5.74) is 2.12. The molecule has 0 bridgehead atoms. The molecule has 1 aromatic carbocycles. The number of benzene rings is 1. The van der Waals surface area contributed by atoms with Crippen LogP contribution in [-0.2, 0) is 13.6 Å². The molecule has 3 heterocycles. The second-order valence-corrected chi connectivity index (χ2v) is 7.26. The lowest BCUT2D eigenvalue weighted by atomic mass is 10.2. The van der Waals surface area contributed by atoms with Crippen LogP contribution in [0.2, 0.25) is 0 Å². The van der Waals surface area contributed by atoms with E-state index in [2.05, 4.69) is 15.4 Å². The third-order valence-corrected chi connectivity index (χ3v) is 5.47. The summed E-state index contributed by atoms with van der Waals surface area (Å²) in [7, 11) is 1.83. The lowest BCUT2D eigenvalue weighted by Gasteiger charge is -2.04. The first-order valence-corrected chi connectivity index (χ1v) is 9.17. The maximum Gasteiger partial charge on any atom is 0.266 e. The van der Waals surface area contributed by atoms with E-state index in [0.717, 1.165) is 5.56 Å². The quantitative estimate of drug-likeness (QED) is 0.591. The number of fused-ring (bicyclic) bond motifs is 1. The summed E-state index contributed by atoms with van der Waals surface area (Å²) in [5, 5.41) is 7.47. The van der Waals surface area contributed by atoms with Crippen LogP contribution in [0.15, 0.2) is 53.8 Å². The first-order chi connectivity index (χ1) is 13.0. The van der Waals surface area contributed by atoms with E-state index in [9.17, 15) is 9.59 Å². The zero-order valence-electron chi connectivity index (χ0n) is 14.8. The number of aromatic nitrogens is 4. The van der Waals surface area contributed by atoms with Crippen LogP contribution in [0.4, 0.5) is 5.69 Å². The number of carbonyl (C=O) groups excluding carboxylic acids is 1. The van der Waals surface area contributed by atoms with Crippen molar-refractivity contribution in [1.82, 2.24) is 19.3 Å². The fourth-order valence-corrected chi connectivity index (χ4v) is 3.98. The standard InChI is InChI=1S/C19H17N5O2S/c1-12-15-18(27-16(12)17(25)22-14-6-4-3-5-7-14)20-11-24(19(15)26)10-13-8-21-23(2)9-13/h3-9,11H,10H2,1-2H3,(H,22,25). The molecule has 136 valence electrons. The number of aryl methyl sites for hydroxylation is 2. The molecule has 0 unspecified atom stereocenters. The molecular formula is C19H17N5O2S. The number of nitrogens with one attached hydrogen (secondary N) is 1. The van der Waals surface area contributed by atoms with Crippen molar-refractivity contribution < 1.29 is 4.79 Å². The van der Waals surface area contributed by atoms with Gasteiger partial charge in [0.25, 0.3) is 11.5 Å². The van der Waals surface area contributed by atoms with Crippen LogP contribution in [0.25, 0.3) is 10.2 Å². The summed E-state index contributed by atoms with van der Waals surface area (Å²) >= 11 is 1.23. The van der Waals surface area contributed by atoms with E-state index >= 15 is 0 Å². The molecule has 0 fully saturated rings. The van der Waals surface area contributed by atoms with Gasteiger partial charge < -0.3 is 5.32 Å². The van der Waals surface area contributed by atoms with Crippen molar-refractivity contribution in [2.24, 2.45) is 7.05 Å². The van der Waals surface area contributed by atoms with E-state index in [1.807, 2.05) is 43.6 Å². The predicted molar refractivity (Wildman–Crippen MR) is 105 cm³/mol. The third kappa shape index (κ3) is 3.26. The highest BCUT2D eigenvalue weighted by atomic mass is 32.1. The van der Waals surface area contributed by atoms with Crippen LogP contribution in [0.3, 0.4) is 0 Å². The first kappa shape index (κ1) is 17.2. The molecule has 0 aliphatic heterocycles. The van der Waals surface area contributed by atoms with Crippen LogP contribution < -0.4 is 10.9 Å². The van der Waals surface area contributed by atoms with Gasteiger partial charge in [-0.05, 0) is 24.6 Å². The molecule has 1 amide bonds. The normalized spacial score (nSPS) is 11.0. The van der Waals surface area contributed by atoms with Crippen molar-refractivity contribution in [3.8, 4) is 0 Å². The van der Waals surface area contributed by atoms with Gasteiger partial charge in [0.05, 0.1) is 29.3 Å². The average molecular weight is 379 g/mol. The lowest BCUT2D eigenvalue weighted by Crippen LogP contribution is -2.21. The second kappa shape index (κ2) is 6.81. The van der Waals surface area contributed by atoms with Crippen LogP contribution in [-0.4, -0.2) is 25.2 Å². The molecule has 27 heavy (non-hydrogen) atoms. The Balaban J connectivity index is 1.70. The molecule has 0 aliphatic rings. The van der Waals surface area contributed by atoms with E-state index in [4.69, 9.17) is 0 Å². The fraction of sp³-hybridized carbons (Fsp3) is 0.158. The highest BCUT2D eigenvalue weighted by Gasteiger charge is 2.19. The molecule has 0 spiro atoms. The molecule has 4 aromatic rings. The van der Waals surface area contributed by atoms with Crippen molar-refractivity contribution in [1.29, 1.82) is 0 Å². The van der Waals surface area contributed by atoms with Crippen LogP contribution in [0.1, 0.15) is 20.8 Å². The monoisotopic (exact) mass is 379 g/mol. The van der Waals surface area contributed by atoms with Gasteiger partial charge in [-0.1, -0.05) is 18.2 Å². The molecule has 3 aromatic heterocycles. The summed E-state index contributed by atoms with van der Waals surface area (Å²) in [6, 6.07) is 9.23. The number of para-hydroxylation sites is 1. The Bertz CT molecular complexity index is 1190. The SMILES string of the molecule is Cc1c(C(=O)Nc2ccccc2)sc2ncn(Cc3cnn(C)c3)c(=O)c12. The number of anilines is 1. The number of hydrogen-bond donors (Lipinski definition) is 1. The molecule has 1 N–H and O–H groups in total. The molecule has 8 heteroatoms. The minimum Gasteiger partial charge on any atom is -0.321 e. The highest BCUT2D eigenvalue weighted by molar-refractivity contribution is 7.20. The number of nitrogens with zero attached hydrogens (tertiary/aromatic N) is 4. The Morgan fingerprint density at radius 2 is 2.04 bits per heavy atom. The first-order valence-electron chi connectivity index (χ1n) is 8.35. The zero-order chi connectivity index (χ0) is 19.0. The van der Waals surface area contributed by atoms with E-state index in [1.165, 1.54) is 22.2 Å². The number of thiophene rings is 1. The third-order valence-electron chi connectivity index (χ3n) is 4.27. The van der Waals surface area contributed by atoms with E-state index in [1.54, 1.807) is 17.8 Å². The van der Waals surface area contributed by atoms with Gasteiger partial charge in [0.15, 0.2) is 0 Å². The predicted octanol–water partition coefficient (Wildman–Crippen LogP) is 2.80. The highest BCUT2D eigenvalue weighted by Crippen LogP contribution is 2.27. The van der Waals surface area contributed by atoms with Gasteiger partial charge in [0, 0.05) is 24.5 Å².